The van der Waals surface area contributed by atoms with Gasteiger partial charge < -0.3 is 11.1 Å². The summed E-state index contributed by atoms with van der Waals surface area (Å²) >= 11 is 0. The van der Waals surface area contributed by atoms with Crippen molar-refractivity contribution in [3.8, 4) is 0 Å². The molecule has 0 saturated heterocycles. The van der Waals surface area contributed by atoms with Gasteiger partial charge in [0.15, 0.2) is 0 Å². The quantitative estimate of drug-likeness (QED) is 0.675. The second-order valence-electron chi connectivity index (χ2n) is 4.47. The first-order chi connectivity index (χ1) is 6.65. The fraction of sp³-hybridized carbons (Fsp3) is 0.909. The van der Waals surface area contributed by atoms with Gasteiger partial charge >= 0.3 is 0 Å². The maximum atomic E-state index is 11.5. The van der Waals surface area contributed by atoms with E-state index >= 15 is 0 Å². The third kappa shape index (κ3) is 3.66. The second kappa shape index (κ2) is 5.35. The molecule has 3 nitrogen and oxygen atoms in total. The highest BCUT2D eigenvalue weighted by Crippen LogP contribution is 2.36. The van der Waals surface area contributed by atoms with Crippen LogP contribution in [-0.2, 0) is 4.79 Å². The largest absolute Gasteiger partial charge is 0.354 e. The number of rotatable bonds is 6. The summed E-state index contributed by atoms with van der Waals surface area (Å²) in [6.45, 7) is 5.14. The van der Waals surface area contributed by atoms with Gasteiger partial charge in [-0.3, -0.25) is 4.79 Å². The van der Waals surface area contributed by atoms with E-state index in [1.807, 2.05) is 0 Å². The highest BCUT2D eigenvalue weighted by atomic mass is 16.2. The molecule has 3 atom stereocenters. The molecule has 3 heteroatoms. The summed E-state index contributed by atoms with van der Waals surface area (Å²) in [5, 5.41) is 2.92. The van der Waals surface area contributed by atoms with Gasteiger partial charge in [-0.05, 0) is 24.7 Å². The van der Waals surface area contributed by atoms with Gasteiger partial charge in [-0.25, -0.2) is 0 Å². The van der Waals surface area contributed by atoms with E-state index in [9.17, 15) is 4.79 Å². The summed E-state index contributed by atoms with van der Waals surface area (Å²) in [5.41, 5.74) is 5.73. The highest BCUT2D eigenvalue weighted by Gasteiger charge is 2.32. The number of amides is 1. The Bertz CT molecular complexity index is 194. The van der Waals surface area contributed by atoms with Crippen LogP contribution < -0.4 is 11.1 Å². The van der Waals surface area contributed by atoms with Crippen LogP contribution >= 0.6 is 0 Å². The number of unbranched alkanes of at least 4 members (excludes halogenated alkanes) is 1. The van der Waals surface area contributed by atoms with Gasteiger partial charge in [0, 0.05) is 6.54 Å². The Morgan fingerprint density at radius 3 is 2.79 bits per heavy atom. The lowest BCUT2D eigenvalue weighted by Crippen LogP contribution is -2.41. The van der Waals surface area contributed by atoms with E-state index in [0.717, 1.165) is 31.7 Å². The van der Waals surface area contributed by atoms with Crippen LogP contribution in [-0.4, -0.2) is 18.5 Å². The minimum absolute atomic E-state index is 0.0255. The summed E-state index contributed by atoms with van der Waals surface area (Å²) in [6, 6.07) is -0.302. The van der Waals surface area contributed by atoms with Crippen LogP contribution in [0.1, 0.15) is 39.5 Å². The topological polar surface area (TPSA) is 55.1 Å². The van der Waals surface area contributed by atoms with Crippen molar-refractivity contribution < 1.29 is 4.79 Å². The fourth-order valence-corrected chi connectivity index (χ4v) is 1.60. The van der Waals surface area contributed by atoms with Gasteiger partial charge in [0.25, 0.3) is 0 Å². The molecule has 0 aromatic heterocycles. The number of nitrogens with two attached hydrogens (primary N) is 1. The second-order valence-corrected chi connectivity index (χ2v) is 4.47. The minimum Gasteiger partial charge on any atom is -0.354 e. The van der Waals surface area contributed by atoms with Gasteiger partial charge in [0.2, 0.25) is 5.91 Å². The zero-order valence-electron chi connectivity index (χ0n) is 9.25. The number of hydrogen-bond donors (Lipinski definition) is 2. The van der Waals surface area contributed by atoms with Crippen molar-refractivity contribution >= 4 is 5.91 Å². The molecule has 3 N–H and O–H groups in total. The summed E-state index contributed by atoms with van der Waals surface area (Å²) in [4.78, 5) is 11.5. The van der Waals surface area contributed by atoms with Crippen LogP contribution in [0.3, 0.4) is 0 Å². The zero-order valence-corrected chi connectivity index (χ0v) is 9.25. The lowest BCUT2D eigenvalue weighted by molar-refractivity contribution is -0.122. The van der Waals surface area contributed by atoms with E-state index in [4.69, 9.17) is 5.73 Å². The van der Waals surface area contributed by atoms with Crippen molar-refractivity contribution in [2.75, 3.05) is 6.54 Å². The molecule has 1 aliphatic carbocycles. The van der Waals surface area contributed by atoms with E-state index in [-0.39, 0.29) is 11.9 Å². The molecular formula is C11H22N2O. The fourth-order valence-electron chi connectivity index (χ4n) is 1.60. The van der Waals surface area contributed by atoms with Crippen molar-refractivity contribution in [2.45, 2.75) is 45.6 Å². The highest BCUT2D eigenvalue weighted by molar-refractivity contribution is 5.81. The molecule has 0 bridgehead atoms. The lowest BCUT2D eigenvalue weighted by Gasteiger charge is -2.11. The van der Waals surface area contributed by atoms with Gasteiger partial charge in [-0.15, -0.1) is 0 Å². The van der Waals surface area contributed by atoms with Crippen LogP contribution in [0.5, 0.6) is 0 Å². The molecule has 0 aromatic rings. The first-order valence-electron chi connectivity index (χ1n) is 5.68. The Morgan fingerprint density at radius 1 is 1.64 bits per heavy atom. The molecule has 0 heterocycles. The van der Waals surface area contributed by atoms with Crippen molar-refractivity contribution in [3.05, 3.63) is 0 Å². The van der Waals surface area contributed by atoms with Gasteiger partial charge in [0.1, 0.15) is 0 Å². The molecule has 1 saturated carbocycles. The molecule has 1 amide bonds. The predicted octanol–water partition coefficient (Wildman–Crippen LogP) is 1.28. The number of carbonyl (C=O) groups is 1. The maximum Gasteiger partial charge on any atom is 0.236 e. The van der Waals surface area contributed by atoms with Crippen LogP contribution in [0.25, 0.3) is 0 Å². The average Bonchev–Trinajstić information content (AvgIpc) is 2.87. The Hall–Kier alpha value is -0.570. The Kier molecular flexibility index (Phi) is 4.39. The number of carbonyl (C=O) groups excluding carboxylic acids is 1. The molecule has 1 aliphatic rings. The van der Waals surface area contributed by atoms with E-state index in [2.05, 4.69) is 19.2 Å². The molecule has 2 unspecified atom stereocenters. The lowest BCUT2D eigenvalue weighted by atomic mass is 10.1. The molecule has 0 aliphatic heterocycles. The molecule has 14 heavy (non-hydrogen) atoms. The SMILES string of the molecule is CCCC[C@H](N)C(=O)NCC1CC1C. The Labute approximate surface area is 86.4 Å². The third-order valence-corrected chi connectivity index (χ3v) is 3.02. The van der Waals surface area contributed by atoms with Gasteiger partial charge in [0.05, 0.1) is 6.04 Å². The molecular weight excluding hydrogens is 176 g/mol. The Morgan fingerprint density at radius 2 is 2.29 bits per heavy atom. The molecule has 1 rings (SSSR count). The molecule has 0 aromatic carbocycles. The molecule has 1 fully saturated rings. The normalized spacial score (nSPS) is 27.1. The van der Waals surface area contributed by atoms with E-state index in [1.165, 1.54) is 6.42 Å². The van der Waals surface area contributed by atoms with E-state index in [0.29, 0.717) is 5.92 Å². The minimum atomic E-state index is -0.302. The summed E-state index contributed by atoms with van der Waals surface area (Å²) in [7, 11) is 0. The van der Waals surface area contributed by atoms with Gasteiger partial charge in [-0.1, -0.05) is 26.7 Å². The summed E-state index contributed by atoms with van der Waals surface area (Å²) in [5.74, 6) is 1.53. The van der Waals surface area contributed by atoms with Crippen LogP contribution in [0, 0.1) is 11.8 Å². The summed E-state index contributed by atoms with van der Waals surface area (Å²) in [6.07, 6.45) is 4.20. The first kappa shape index (κ1) is 11.5. The monoisotopic (exact) mass is 198 g/mol. The third-order valence-electron chi connectivity index (χ3n) is 3.02. The number of nitrogens with one attached hydrogen (secondary N) is 1. The van der Waals surface area contributed by atoms with E-state index < -0.39 is 0 Å². The Balaban J connectivity index is 2.07. The van der Waals surface area contributed by atoms with Gasteiger partial charge in [-0.2, -0.15) is 0 Å². The van der Waals surface area contributed by atoms with Crippen LogP contribution in [0.15, 0.2) is 0 Å². The zero-order chi connectivity index (χ0) is 10.6. The van der Waals surface area contributed by atoms with Crippen molar-refractivity contribution in [1.82, 2.24) is 5.32 Å². The maximum absolute atomic E-state index is 11.5. The standard InChI is InChI=1S/C11H22N2O/c1-3-4-5-10(12)11(14)13-7-9-6-8(9)2/h8-10H,3-7,12H2,1-2H3,(H,13,14)/t8?,9?,10-/m0/s1. The number of hydrogen-bond acceptors (Lipinski definition) is 2. The average molecular weight is 198 g/mol. The molecule has 82 valence electrons. The van der Waals surface area contributed by atoms with Crippen LogP contribution in [0.4, 0.5) is 0 Å². The van der Waals surface area contributed by atoms with Crippen LogP contribution in [0.2, 0.25) is 0 Å². The summed E-state index contributed by atoms with van der Waals surface area (Å²) < 4.78 is 0. The van der Waals surface area contributed by atoms with Crippen molar-refractivity contribution in [2.24, 2.45) is 17.6 Å². The van der Waals surface area contributed by atoms with Crippen molar-refractivity contribution in [3.63, 3.8) is 0 Å². The molecule has 0 radical (unpaired) electrons. The predicted molar refractivity (Wildman–Crippen MR) is 57.8 cm³/mol. The van der Waals surface area contributed by atoms with E-state index in [1.54, 1.807) is 0 Å². The van der Waals surface area contributed by atoms with Crippen molar-refractivity contribution in [1.29, 1.82) is 0 Å². The smallest absolute Gasteiger partial charge is 0.236 e. The molecule has 0 spiro atoms. The first-order valence-corrected chi connectivity index (χ1v) is 5.68.